The van der Waals surface area contributed by atoms with Gasteiger partial charge >= 0.3 is 11.7 Å². The number of hydrogen-bond acceptors (Lipinski definition) is 9. The third-order valence-electron chi connectivity index (χ3n) is 6.71. The zero-order valence-corrected chi connectivity index (χ0v) is 21.4. The highest BCUT2D eigenvalue weighted by Crippen LogP contribution is 2.40. The van der Waals surface area contributed by atoms with Crippen molar-refractivity contribution >= 4 is 29.4 Å². The monoisotopic (exact) mass is 539 g/mol. The van der Waals surface area contributed by atoms with Crippen molar-refractivity contribution in [3.8, 4) is 5.75 Å². The third-order valence-corrected chi connectivity index (χ3v) is 7.59. The Labute approximate surface area is 222 Å². The number of phenolic OH excluding ortho intramolecular Hbond substituents is 1. The first-order chi connectivity index (χ1) is 18.3. The summed E-state index contributed by atoms with van der Waals surface area (Å²) in [5, 5.41) is 29.6. The fourth-order valence-electron chi connectivity index (χ4n) is 4.78. The van der Waals surface area contributed by atoms with E-state index in [1.807, 2.05) is 0 Å². The van der Waals surface area contributed by atoms with Crippen molar-refractivity contribution in [2.45, 2.75) is 62.1 Å². The number of benzene rings is 2. The number of nitro groups is 1. The first-order valence-corrected chi connectivity index (χ1v) is 13.3. The maximum absolute atomic E-state index is 14.1. The highest BCUT2D eigenvalue weighted by Gasteiger charge is 2.37. The van der Waals surface area contributed by atoms with Crippen LogP contribution in [0.4, 0.5) is 16.0 Å². The lowest BCUT2D eigenvalue weighted by atomic mass is 9.94. The Hall–Kier alpha value is -3.93. The fraction of sp³-hybridized carbons (Fsp3) is 0.346. The number of ether oxygens (including phenoxy) is 1. The number of allylic oxidation sites excluding steroid dienone is 1. The molecule has 1 saturated carbocycles. The van der Waals surface area contributed by atoms with Crippen molar-refractivity contribution < 1.29 is 24.0 Å². The number of nitrogens with zero attached hydrogens (tertiary/aromatic N) is 4. The minimum absolute atomic E-state index is 0.199. The molecule has 2 heterocycles. The second kappa shape index (κ2) is 10.8. The number of fused-ring (bicyclic) bond motifs is 1. The summed E-state index contributed by atoms with van der Waals surface area (Å²) in [6.45, 7) is 1.71. The van der Waals surface area contributed by atoms with Crippen LogP contribution in [-0.4, -0.2) is 36.9 Å². The van der Waals surface area contributed by atoms with Crippen LogP contribution in [0.1, 0.15) is 56.2 Å². The Kier molecular flexibility index (Phi) is 7.32. The molecule has 198 valence electrons. The van der Waals surface area contributed by atoms with Crippen LogP contribution in [0.3, 0.4) is 0 Å². The number of aromatic hydroxyl groups is 1. The zero-order chi connectivity index (χ0) is 26.8. The van der Waals surface area contributed by atoms with Crippen LogP contribution < -0.4 is 5.32 Å². The molecule has 0 radical (unpaired) electrons. The average Bonchev–Trinajstić information content (AvgIpc) is 3.30. The molecule has 1 unspecified atom stereocenters. The molecule has 2 aromatic carbocycles. The number of esters is 1. The van der Waals surface area contributed by atoms with E-state index in [9.17, 15) is 24.4 Å². The predicted molar refractivity (Wildman–Crippen MR) is 138 cm³/mol. The van der Waals surface area contributed by atoms with Crippen LogP contribution in [0, 0.1) is 15.9 Å². The number of aromatic nitrogens is 3. The van der Waals surface area contributed by atoms with E-state index in [-0.39, 0.29) is 23.2 Å². The molecular formula is C26H26FN5O5S. The van der Waals surface area contributed by atoms with Crippen molar-refractivity contribution in [1.29, 1.82) is 0 Å². The van der Waals surface area contributed by atoms with Gasteiger partial charge in [-0.2, -0.15) is 4.98 Å². The van der Waals surface area contributed by atoms with Gasteiger partial charge in [0.25, 0.3) is 0 Å². The maximum atomic E-state index is 14.1. The molecule has 5 rings (SSSR count). The molecule has 0 bridgehead atoms. The van der Waals surface area contributed by atoms with Gasteiger partial charge < -0.3 is 15.2 Å². The van der Waals surface area contributed by atoms with E-state index in [4.69, 9.17) is 4.74 Å². The third kappa shape index (κ3) is 5.21. The van der Waals surface area contributed by atoms with E-state index in [1.54, 1.807) is 25.1 Å². The standard InChI is InChI=1S/C26H26FN5O5S/c1-15-22(24(34)37-18-8-3-2-4-9-18)23(16-11-12-21(33)20(13-16)32(35)36)31-25(28-15)29-26(30-31)38-14-17-7-5-6-10-19(17)27/h5-7,10-13,18,23,33H,2-4,8-9,14H2,1H3,(H,28,29,30). The average molecular weight is 540 g/mol. The van der Waals surface area contributed by atoms with Gasteiger partial charge in [0.05, 0.1) is 10.5 Å². The molecule has 0 saturated heterocycles. The van der Waals surface area contributed by atoms with Crippen LogP contribution in [0.15, 0.2) is 58.9 Å². The van der Waals surface area contributed by atoms with E-state index in [0.29, 0.717) is 27.9 Å². The number of carbonyl (C=O) groups excluding carboxylic acids is 1. The topological polar surface area (TPSA) is 132 Å². The minimum atomic E-state index is -0.892. The lowest BCUT2D eigenvalue weighted by molar-refractivity contribution is -0.385. The van der Waals surface area contributed by atoms with Gasteiger partial charge in [0.15, 0.2) is 5.75 Å². The second-order valence-electron chi connectivity index (χ2n) is 9.28. The molecule has 2 N–H and O–H groups in total. The largest absolute Gasteiger partial charge is 0.502 e. The SMILES string of the molecule is CC1=C(C(=O)OC2CCCCC2)C(c2ccc(O)c([N+](=O)[O-])c2)n2nc(SCc3ccccc3F)nc2N1. The molecule has 1 aliphatic carbocycles. The van der Waals surface area contributed by atoms with Crippen molar-refractivity contribution in [2.75, 3.05) is 5.32 Å². The molecule has 2 aliphatic rings. The highest BCUT2D eigenvalue weighted by atomic mass is 32.2. The maximum Gasteiger partial charge on any atom is 0.338 e. The fourth-order valence-corrected chi connectivity index (χ4v) is 5.59. The van der Waals surface area contributed by atoms with E-state index in [0.717, 1.165) is 32.1 Å². The number of phenols is 1. The van der Waals surface area contributed by atoms with E-state index >= 15 is 0 Å². The summed E-state index contributed by atoms with van der Waals surface area (Å²) >= 11 is 1.22. The van der Waals surface area contributed by atoms with Crippen molar-refractivity contribution in [3.05, 3.63) is 80.8 Å². The number of thioether (sulfide) groups is 1. The Bertz CT molecular complexity index is 1420. The number of anilines is 1. The molecular weight excluding hydrogens is 513 g/mol. The molecule has 1 aromatic heterocycles. The Morgan fingerprint density at radius 2 is 2.03 bits per heavy atom. The predicted octanol–water partition coefficient (Wildman–Crippen LogP) is 5.49. The Morgan fingerprint density at radius 1 is 1.26 bits per heavy atom. The van der Waals surface area contributed by atoms with Gasteiger partial charge in [-0.15, -0.1) is 5.10 Å². The molecule has 1 fully saturated rings. The van der Waals surface area contributed by atoms with E-state index < -0.39 is 28.4 Å². The van der Waals surface area contributed by atoms with E-state index in [2.05, 4.69) is 15.4 Å². The Balaban J connectivity index is 1.51. The quantitative estimate of drug-likeness (QED) is 0.173. The number of halogens is 1. The molecule has 12 heteroatoms. The van der Waals surface area contributed by atoms with Gasteiger partial charge in [-0.3, -0.25) is 10.1 Å². The van der Waals surface area contributed by atoms with Gasteiger partial charge in [-0.05, 0) is 55.9 Å². The summed E-state index contributed by atoms with van der Waals surface area (Å²) in [6.07, 6.45) is 4.44. The van der Waals surface area contributed by atoms with Gasteiger partial charge in [-0.25, -0.2) is 13.9 Å². The summed E-state index contributed by atoms with van der Waals surface area (Å²) in [6, 6.07) is 9.49. The van der Waals surface area contributed by atoms with Crippen LogP contribution >= 0.6 is 11.8 Å². The van der Waals surface area contributed by atoms with Gasteiger partial charge in [-0.1, -0.05) is 42.4 Å². The summed E-state index contributed by atoms with van der Waals surface area (Å²) < 4.78 is 21.5. The van der Waals surface area contributed by atoms with Gasteiger partial charge in [0, 0.05) is 17.5 Å². The molecule has 1 aliphatic heterocycles. The molecule has 3 aromatic rings. The summed E-state index contributed by atoms with van der Waals surface area (Å²) in [5.41, 5.74) is 1.10. The number of rotatable bonds is 7. The second-order valence-corrected chi connectivity index (χ2v) is 10.2. The van der Waals surface area contributed by atoms with Gasteiger partial charge in [0.1, 0.15) is 18.0 Å². The van der Waals surface area contributed by atoms with Crippen LogP contribution in [-0.2, 0) is 15.3 Å². The highest BCUT2D eigenvalue weighted by molar-refractivity contribution is 7.98. The number of nitro benzene ring substituents is 1. The minimum Gasteiger partial charge on any atom is -0.502 e. The normalized spacial score (nSPS) is 17.6. The van der Waals surface area contributed by atoms with Crippen LogP contribution in [0.25, 0.3) is 0 Å². The molecule has 10 nitrogen and oxygen atoms in total. The van der Waals surface area contributed by atoms with Crippen molar-refractivity contribution in [2.24, 2.45) is 0 Å². The summed E-state index contributed by atoms with van der Waals surface area (Å²) in [4.78, 5) is 28.9. The molecule has 0 amide bonds. The zero-order valence-electron chi connectivity index (χ0n) is 20.6. The number of hydrogen-bond donors (Lipinski definition) is 2. The lowest BCUT2D eigenvalue weighted by Crippen LogP contribution is -2.32. The molecule has 38 heavy (non-hydrogen) atoms. The first kappa shape index (κ1) is 25.7. The number of nitrogens with one attached hydrogen (secondary N) is 1. The Morgan fingerprint density at radius 3 is 2.76 bits per heavy atom. The van der Waals surface area contributed by atoms with Crippen molar-refractivity contribution in [3.63, 3.8) is 0 Å². The molecule has 0 spiro atoms. The molecule has 1 atom stereocenters. The lowest BCUT2D eigenvalue weighted by Gasteiger charge is -2.30. The summed E-state index contributed by atoms with van der Waals surface area (Å²) in [7, 11) is 0. The van der Waals surface area contributed by atoms with Crippen LogP contribution in [0.2, 0.25) is 0 Å². The van der Waals surface area contributed by atoms with Gasteiger partial charge in [0.2, 0.25) is 11.1 Å². The smallest absolute Gasteiger partial charge is 0.338 e. The van der Waals surface area contributed by atoms with E-state index in [1.165, 1.54) is 40.7 Å². The van der Waals surface area contributed by atoms with Crippen molar-refractivity contribution in [1.82, 2.24) is 14.8 Å². The number of carbonyl (C=O) groups is 1. The first-order valence-electron chi connectivity index (χ1n) is 12.3. The summed E-state index contributed by atoms with van der Waals surface area (Å²) in [5.74, 6) is -0.742. The van der Waals surface area contributed by atoms with Crippen LogP contribution in [0.5, 0.6) is 5.75 Å².